The van der Waals surface area contributed by atoms with Gasteiger partial charge in [0.15, 0.2) is 4.75 Å². The molecule has 2 aromatic rings. The number of hydrogen-bond acceptors (Lipinski definition) is 5. The normalized spacial score (nSPS) is 27.7. The molecule has 2 aliphatic rings. The van der Waals surface area contributed by atoms with E-state index < -0.39 is 14.8 Å². The summed E-state index contributed by atoms with van der Waals surface area (Å²) < 4.78 is 24.8. The van der Waals surface area contributed by atoms with Gasteiger partial charge < -0.3 is 4.90 Å². The van der Waals surface area contributed by atoms with Crippen molar-refractivity contribution >= 4 is 32.7 Å². The number of thiophene rings is 2. The minimum absolute atomic E-state index is 0.385. The first kappa shape index (κ1) is 17.7. The zero-order chi connectivity index (χ0) is 17.7. The van der Waals surface area contributed by atoms with E-state index in [0.29, 0.717) is 24.4 Å². The van der Waals surface area contributed by atoms with Gasteiger partial charge in [0.25, 0.3) is 0 Å². The van der Waals surface area contributed by atoms with Crippen molar-refractivity contribution in [3.05, 3.63) is 44.8 Å². The number of nitrogens with two attached hydrogens (primary N) is 1. The molecule has 7 heteroatoms. The van der Waals surface area contributed by atoms with Gasteiger partial charge >= 0.3 is 0 Å². The van der Waals surface area contributed by atoms with Crippen molar-refractivity contribution in [2.24, 2.45) is 11.1 Å². The number of primary sulfonamides is 1. The third-order valence-corrected chi connectivity index (χ3v) is 10.00. The van der Waals surface area contributed by atoms with E-state index >= 15 is 0 Å². The number of nitrogens with zero attached hydrogens (tertiary/aromatic N) is 1. The summed E-state index contributed by atoms with van der Waals surface area (Å²) in [6.07, 6.45) is 5.20. The van der Waals surface area contributed by atoms with Gasteiger partial charge in [-0.3, -0.25) is 0 Å². The van der Waals surface area contributed by atoms with Crippen LogP contribution in [0.5, 0.6) is 0 Å². The third-order valence-electron chi connectivity index (χ3n) is 6.10. The van der Waals surface area contributed by atoms with Crippen LogP contribution in [-0.4, -0.2) is 32.4 Å². The van der Waals surface area contributed by atoms with E-state index in [0.717, 1.165) is 22.6 Å². The standard InChI is InChI=1S/C18H24N2O2S3/c1-20-14-6-7-15(20)11-13(10-14)12-18(25(19,21)22,16-4-2-8-23-16)17-5-3-9-24-17/h2-5,8-9,13-15H,6-7,10-12H2,1H3,(H2,19,21,22). The van der Waals surface area contributed by atoms with Crippen molar-refractivity contribution in [3.63, 3.8) is 0 Å². The van der Waals surface area contributed by atoms with Crippen molar-refractivity contribution in [1.82, 2.24) is 4.90 Å². The Balaban J connectivity index is 1.76. The highest BCUT2D eigenvalue weighted by Crippen LogP contribution is 2.49. The highest BCUT2D eigenvalue weighted by molar-refractivity contribution is 7.90. The fourth-order valence-corrected chi connectivity index (χ4v) is 8.74. The van der Waals surface area contributed by atoms with Crippen LogP contribution < -0.4 is 5.14 Å². The molecule has 0 spiro atoms. The molecule has 2 N–H and O–H groups in total. The molecule has 0 aromatic carbocycles. The zero-order valence-corrected chi connectivity index (χ0v) is 16.7. The number of piperidine rings is 1. The first-order chi connectivity index (χ1) is 11.9. The second-order valence-corrected chi connectivity index (χ2v) is 11.1. The lowest BCUT2D eigenvalue weighted by atomic mass is 9.82. The molecule has 0 aliphatic carbocycles. The number of sulfonamides is 1. The first-order valence-electron chi connectivity index (χ1n) is 8.74. The number of hydrogen-bond donors (Lipinski definition) is 1. The Labute approximate surface area is 157 Å². The molecular weight excluding hydrogens is 372 g/mol. The summed E-state index contributed by atoms with van der Waals surface area (Å²) in [5.74, 6) is 0.385. The lowest BCUT2D eigenvalue weighted by Crippen LogP contribution is -2.46. The molecule has 4 rings (SSSR count). The monoisotopic (exact) mass is 396 g/mol. The van der Waals surface area contributed by atoms with E-state index in [1.165, 1.54) is 35.5 Å². The summed E-state index contributed by atoms with van der Waals surface area (Å²) in [6, 6.07) is 8.89. The minimum atomic E-state index is -3.79. The quantitative estimate of drug-likeness (QED) is 0.840. The molecule has 2 atom stereocenters. The van der Waals surface area contributed by atoms with Gasteiger partial charge in [0.1, 0.15) is 0 Å². The van der Waals surface area contributed by atoms with Gasteiger partial charge in [-0.15, -0.1) is 22.7 Å². The molecule has 2 bridgehead atoms. The SMILES string of the molecule is CN1C2CCC1CC(CC(c1cccs1)(c1cccs1)S(N)(=O)=O)C2. The minimum Gasteiger partial charge on any atom is -0.300 e. The number of rotatable bonds is 5. The molecule has 2 aromatic heterocycles. The Morgan fingerprint density at radius 2 is 1.64 bits per heavy atom. The van der Waals surface area contributed by atoms with Gasteiger partial charge in [-0.2, -0.15) is 0 Å². The Morgan fingerprint density at radius 1 is 1.12 bits per heavy atom. The van der Waals surface area contributed by atoms with Crippen LogP contribution in [0.2, 0.25) is 0 Å². The maximum absolute atomic E-state index is 12.9. The molecule has 4 heterocycles. The van der Waals surface area contributed by atoms with Crippen LogP contribution in [0.25, 0.3) is 0 Å². The Hall–Kier alpha value is -0.730. The average molecular weight is 397 g/mol. The van der Waals surface area contributed by atoms with Crippen LogP contribution in [-0.2, 0) is 14.8 Å². The van der Waals surface area contributed by atoms with E-state index in [-0.39, 0.29) is 0 Å². The molecule has 0 radical (unpaired) electrons. The lowest BCUT2D eigenvalue weighted by molar-refractivity contribution is 0.125. The Bertz CT molecular complexity index is 766. The van der Waals surface area contributed by atoms with Gasteiger partial charge in [-0.05, 0) is 68.0 Å². The summed E-state index contributed by atoms with van der Waals surface area (Å²) in [4.78, 5) is 4.19. The van der Waals surface area contributed by atoms with Crippen LogP contribution >= 0.6 is 22.7 Å². The lowest BCUT2D eigenvalue weighted by Gasteiger charge is -2.40. The second-order valence-electron chi connectivity index (χ2n) is 7.42. The van der Waals surface area contributed by atoms with Crippen LogP contribution in [0, 0.1) is 5.92 Å². The van der Waals surface area contributed by atoms with E-state index in [2.05, 4.69) is 11.9 Å². The summed E-state index contributed by atoms with van der Waals surface area (Å²) in [5.41, 5.74) is 0. The number of fused-ring (bicyclic) bond motifs is 2. The van der Waals surface area contributed by atoms with Crippen molar-refractivity contribution < 1.29 is 8.42 Å². The van der Waals surface area contributed by atoms with Crippen LogP contribution in [0.4, 0.5) is 0 Å². The van der Waals surface area contributed by atoms with E-state index in [1.807, 2.05) is 35.0 Å². The predicted octanol–water partition coefficient (Wildman–Crippen LogP) is 3.60. The topological polar surface area (TPSA) is 63.4 Å². The summed E-state index contributed by atoms with van der Waals surface area (Å²) >= 11 is 3.00. The first-order valence-corrected chi connectivity index (χ1v) is 12.0. The van der Waals surface area contributed by atoms with Gasteiger partial charge in [0, 0.05) is 21.8 Å². The molecule has 2 fully saturated rings. The zero-order valence-electron chi connectivity index (χ0n) is 14.3. The highest BCUT2D eigenvalue weighted by Gasteiger charge is 2.50. The van der Waals surface area contributed by atoms with Crippen molar-refractivity contribution in [3.8, 4) is 0 Å². The molecule has 0 amide bonds. The molecule has 0 saturated carbocycles. The Morgan fingerprint density at radius 3 is 2.04 bits per heavy atom. The summed E-state index contributed by atoms with van der Waals surface area (Å²) in [7, 11) is -1.58. The fraction of sp³-hybridized carbons (Fsp3) is 0.556. The summed E-state index contributed by atoms with van der Waals surface area (Å²) in [5, 5.41) is 9.79. The smallest absolute Gasteiger partial charge is 0.224 e. The molecule has 2 saturated heterocycles. The molecule has 4 nitrogen and oxygen atoms in total. The highest BCUT2D eigenvalue weighted by atomic mass is 32.2. The van der Waals surface area contributed by atoms with E-state index in [4.69, 9.17) is 5.14 Å². The van der Waals surface area contributed by atoms with Gasteiger partial charge in [-0.1, -0.05) is 12.1 Å². The van der Waals surface area contributed by atoms with Crippen molar-refractivity contribution in [2.75, 3.05) is 7.05 Å². The molecule has 2 unspecified atom stereocenters. The molecule has 2 aliphatic heterocycles. The average Bonchev–Trinajstić information content (AvgIpc) is 3.28. The second kappa shape index (κ2) is 6.46. The van der Waals surface area contributed by atoms with Crippen LogP contribution in [0.1, 0.15) is 41.9 Å². The maximum Gasteiger partial charge on any atom is 0.224 e. The van der Waals surface area contributed by atoms with Gasteiger partial charge in [0.05, 0.1) is 0 Å². The maximum atomic E-state index is 12.9. The van der Waals surface area contributed by atoms with Crippen molar-refractivity contribution in [1.29, 1.82) is 0 Å². The molecular formula is C18H24N2O2S3. The Kier molecular flexibility index (Phi) is 4.57. The van der Waals surface area contributed by atoms with E-state index in [1.54, 1.807) is 0 Å². The van der Waals surface area contributed by atoms with Gasteiger partial charge in [-0.25, -0.2) is 13.6 Å². The molecule has 25 heavy (non-hydrogen) atoms. The molecule has 136 valence electrons. The van der Waals surface area contributed by atoms with Crippen LogP contribution in [0.15, 0.2) is 35.0 Å². The predicted molar refractivity (Wildman–Crippen MR) is 104 cm³/mol. The van der Waals surface area contributed by atoms with Crippen molar-refractivity contribution in [2.45, 2.75) is 48.9 Å². The fourth-order valence-electron chi connectivity index (χ4n) is 4.83. The summed E-state index contributed by atoms with van der Waals surface area (Å²) in [6.45, 7) is 0. The van der Waals surface area contributed by atoms with Gasteiger partial charge in [0.2, 0.25) is 10.0 Å². The van der Waals surface area contributed by atoms with Crippen LogP contribution in [0.3, 0.4) is 0 Å². The largest absolute Gasteiger partial charge is 0.300 e. The van der Waals surface area contributed by atoms with E-state index in [9.17, 15) is 8.42 Å². The third kappa shape index (κ3) is 2.90.